The first-order valence-electron chi connectivity index (χ1n) is 10.7. The van der Waals surface area contributed by atoms with Crippen LogP contribution in [0.4, 0.5) is 0 Å². The van der Waals surface area contributed by atoms with Crippen LogP contribution in [0.3, 0.4) is 0 Å². The second-order valence-corrected chi connectivity index (χ2v) is 9.86. The third kappa shape index (κ3) is 2.13. The van der Waals surface area contributed by atoms with E-state index in [0.717, 1.165) is 5.92 Å². The van der Waals surface area contributed by atoms with Crippen molar-refractivity contribution in [2.45, 2.75) is 69.9 Å². The number of nitrogens with zero attached hydrogens (tertiary/aromatic N) is 1. The lowest BCUT2D eigenvalue weighted by Gasteiger charge is -2.63. The molecule has 5 unspecified atom stereocenters. The largest absolute Gasteiger partial charge is 0.508 e. The number of phenols is 1. The Morgan fingerprint density at radius 2 is 2.08 bits per heavy atom. The quantitative estimate of drug-likeness (QED) is 0.865. The molecule has 26 heavy (non-hydrogen) atoms. The first-order valence-corrected chi connectivity index (χ1v) is 10.7. The van der Waals surface area contributed by atoms with Gasteiger partial charge in [-0.15, -0.1) is 0 Å². The van der Waals surface area contributed by atoms with Crippen molar-refractivity contribution in [1.82, 2.24) is 10.2 Å². The zero-order valence-corrected chi connectivity index (χ0v) is 16.6. The summed E-state index contributed by atoms with van der Waals surface area (Å²) in [6, 6.07) is 7.44. The third-order valence-electron chi connectivity index (χ3n) is 8.83. The molecule has 142 valence electrons. The minimum atomic E-state index is 0.215. The fourth-order valence-corrected chi connectivity index (χ4v) is 7.25. The molecule has 5 rings (SSSR count). The highest BCUT2D eigenvalue weighted by molar-refractivity contribution is 5.48. The summed E-state index contributed by atoms with van der Waals surface area (Å²) in [6.45, 7) is 7.51. The zero-order chi connectivity index (χ0) is 18.1. The van der Waals surface area contributed by atoms with E-state index in [-0.39, 0.29) is 5.41 Å². The van der Waals surface area contributed by atoms with Gasteiger partial charge in [0.05, 0.1) is 0 Å². The van der Waals surface area contributed by atoms with Crippen LogP contribution < -0.4 is 5.32 Å². The topological polar surface area (TPSA) is 35.5 Å². The Labute approximate surface area is 158 Å². The van der Waals surface area contributed by atoms with Crippen molar-refractivity contribution in [2.24, 2.45) is 17.3 Å². The number of fused-ring (bicyclic) bond motifs is 1. The van der Waals surface area contributed by atoms with Crippen LogP contribution >= 0.6 is 0 Å². The Morgan fingerprint density at radius 1 is 1.27 bits per heavy atom. The van der Waals surface area contributed by atoms with Crippen molar-refractivity contribution in [1.29, 1.82) is 0 Å². The van der Waals surface area contributed by atoms with Gasteiger partial charge in [-0.05, 0) is 99.6 Å². The molecule has 0 aromatic heterocycles. The Hall–Kier alpha value is -1.06. The van der Waals surface area contributed by atoms with E-state index < -0.39 is 0 Å². The lowest BCUT2D eigenvalue weighted by atomic mass is 9.48. The third-order valence-corrected chi connectivity index (χ3v) is 8.83. The van der Waals surface area contributed by atoms with Crippen molar-refractivity contribution in [3.63, 3.8) is 0 Å². The molecule has 1 saturated heterocycles. The Morgan fingerprint density at radius 3 is 2.81 bits per heavy atom. The molecular formula is C23H34N2O. The van der Waals surface area contributed by atoms with Gasteiger partial charge in [-0.1, -0.05) is 13.0 Å². The molecule has 1 aromatic carbocycles. The highest BCUT2D eigenvalue weighted by atomic mass is 16.3. The van der Waals surface area contributed by atoms with Gasteiger partial charge in [0.1, 0.15) is 5.75 Å². The fourth-order valence-electron chi connectivity index (χ4n) is 7.25. The fraction of sp³-hybridized carbons (Fsp3) is 0.739. The molecule has 3 aliphatic carbocycles. The molecule has 3 nitrogen and oxygen atoms in total. The smallest absolute Gasteiger partial charge is 0.115 e. The second kappa shape index (κ2) is 5.72. The van der Waals surface area contributed by atoms with Gasteiger partial charge in [-0.2, -0.15) is 0 Å². The van der Waals surface area contributed by atoms with Crippen molar-refractivity contribution >= 4 is 0 Å². The first kappa shape index (κ1) is 17.1. The molecule has 3 heteroatoms. The molecule has 2 saturated carbocycles. The summed E-state index contributed by atoms with van der Waals surface area (Å²) in [7, 11) is 2.11. The highest BCUT2D eigenvalue weighted by Crippen LogP contribution is 2.67. The molecule has 5 atom stereocenters. The van der Waals surface area contributed by atoms with Crippen LogP contribution in [0, 0.1) is 17.3 Å². The van der Waals surface area contributed by atoms with Crippen LogP contribution in [0.2, 0.25) is 0 Å². The SMILES string of the molecule is CNC(C)C1CCC2(C)C3Cc4ccc(O)cc4C12CCN3CC1CC1. The van der Waals surface area contributed by atoms with Crippen molar-refractivity contribution in [3.05, 3.63) is 29.3 Å². The predicted octanol–water partition coefficient (Wildman–Crippen LogP) is 3.69. The van der Waals surface area contributed by atoms with Gasteiger partial charge in [0.25, 0.3) is 0 Å². The summed E-state index contributed by atoms with van der Waals surface area (Å²) < 4.78 is 0. The van der Waals surface area contributed by atoms with E-state index in [1.807, 2.05) is 6.07 Å². The number of likely N-dealkylation sites (tertiary alicyclic amines) is 1. The first-order chi connectivity index (χ1) is 12.5. The number of hydrogen-bond acceptors (Lipinski definition) is 3. The normalized spacial score (nSPS) is 40.1. The van der Waals surface area contributed by atoms with Gasteiger partial charge in [0.15, 0.2) is 0 Å². The van der Waals surface area contributed by atoms with Crippen LogP contribution in [-0.4, -0.2) is 42.2 Å². The summed E-state index contributed by atoms with van der Waals surface area (Å²) in [4.78, 5) is 2.86. The number of rotatable bonds is 4. The van der Waals surface area contributed by atoms with Crippen molar-refractivity contribution in [2.75, 3.05) is 20.1 Å². The summed E-state index contributed by atoms with van der Waals surface area (Å²) in [5.41, 5.74) is 3.52. The lowest BCUT2D eigenvalue weighted by molar-refractivity contribution is -0.0580. The average Bonchev–Trinajstić information content (AvgIpc) is 3.37. The Bertz CT molecular complexity index is 714. The van der Waals surface area contributed by atoms with Gasteiger partial charge in [0, 0.05) is 24.0 Å². The second-order valence-electron chi connectivity index (χ2n) is 9.86. The van der Waals surface area contributed by atoms with Crippen LogP contribution in [0.25, 0.3) is 0 Å². The molecule has 1 aromatic rings. The highest BCUT2D eigenvalue weighted by Gasteiger charge is 2.67. The van der Waals surface area contributed by atoms with E-state index in [1.54, 1.807) is 0 Å². The van der Waals surface area contributed by atoms with Gasteiger partial charge >= 0.3 is 0 Å². The summed E-state index contributed by atoms with van der Waals surface area (Å²) in [5.74, 6) is 2.06. The number of hydrogen-bond donors (Lipinski definition) is 2. The van der Waals surface area contributed by atoms with E-state index in [4.69, 9.17) is 0 Å². The van der Waals surface area contributed by atoms with Gasteiger partial charge in [0.2, 0.25) is 0 Å². The van der Waals surface area contributed by atoms with E-state index in [1.165, 1.54) is 62.7 Å². The molecule has 4 aliphatic rings. The number of aromatic hydroxyl groups is 1. The van der Waals surface area contributed by atoms with E-state index in [0.29, 0.717) is 29.2 Å². The summed E-state index contributed by atoms with van der Waals surface area (Å²) >= 11 is 0. The average molecular weight is 355 g/mol. The van der Waals surface area contributed by atoms with E-state index >= 15 is 0 Å². The van der Waals surface area contributed by atoms with Crippen molar-refractivity contribution in [3.8, 4) is 5.75 Å². The van der Waals surface area contributed by atoms with Crippen LogP contribution in [0.15, 0.2) is 18.2 Å². The van der Waals surface area contributed by atoms with Crippen molar-refractivity contribution < 1.29 is 5.11 Å². The molecular weight excluding hydrogens is 320 g/mol. The maximum absolute atomic E-state index is 10.3. The molecule has 2 N–H and O–H groups in total. The Kier molecular flexibility index (Phi) is 3.75. The maximum Gasteiger partial charge on any atom is 0.115 e. The minimum absolute atomic E-state index is 0.215. The van der Waals surface area contributed by atoms with Gasteiger partial charge < -0.3 is 10.4 Å². The van der Waals surface area contributed by atoms with Crippen LogP contribution in [0.5, 0.6) is 5.75 Å². The summed E-state index contributed by atoms with van der Waals surface area (Å²) in [5, 5.41) is 13.9. The van der Waals surface area contributed by atoms with Gasteiger partial charge in [-0.3, -0.25) is 4.90 Å². The Balaban J connectivity index is 1.66. The lowest BCUT2D eigenvalue weighted by Crippen LogP contribution is -2.66. The number of nitrogens with one attached hydrogen (secondary N) is 1. The van der Waals surface area contributed by atoms with Gasteiger partial charge in [-0.25, -0.2) is 0 Å². The molecule has 0 spiro atoms. The molecule has 0 radical (unpaired) electrons. The standard InChI is InChI=1S/C23H34N2O/c1-15(24-3)19-8-9-22(2)21-12-17-6-7-18(26)13-20(17)23(19,22)10-11-25(21)14-16-4-5-16/h6-7,13,15-16,19,21,24,26H,4-5,8-12,14H2,1-3H3. The van der Waals surface area contributed by atoms with Crippen LogP contribution in [0.1, 0.15) is 57.1 Å². The molecule has 1 aliphatic heterocycles. The summed E-state index contributed by atoms with van der Waals surface area (Å²) in [6.07, 6.45) is 7.93. The maximum atomic E-state index is 10.3. The molecule has 2 bridgehead atoms. The van der Waals surface area contributed by atoms with Crippen LogP contribution in [-0.2, 0) is 11.8 Å². The monoisotopic (exact) mass is 354 g/mol. The number of piperidine rings is 1. The number of phenolic OH excluding ortho intramolecular Hbond substituents is 1. The zero-order valence-electron chi connectivity index (χ0n) is 16.6. The number of benzene rings is 1. The molecule has 0 amide bonds. The molecule has 1 heterocycles. The van der Waals surface area contributed by atoms with E-state index in [9.17, 15) is 5.11 Å². The minimum Gasteiger partial charge on any atom is -0.508 e. The predicted molar refractivity (Wildman–Crippen MR) is 106 cm³/mol. The van der Waals surface area contributed by atoms with E-state index in [2.05, 4.69) is 43.2 Å². The molecule has 3 fully saturated rings.